The third-order valence-corrected chi connectivity index (χ3v) is 7.15. The van der Waals surface area contributed by atoms with Gasteiger partial charge in [-0.25, -0.2) is 19.2 Å². The number of fused-ring (bicyclic) bond motifs is 1. The van der Waals surface area contributed by atoms with Crippen LogP contribution >= 0.6 is 0 Å². The highest BCUT2D eigenvalue weighted by atomic mass is 19.1. The van der Waals surface area contributed by atoms with Gasteiger partial charge < -0.3 is 18.9 Å². The zero-order valence-corrected chi connectivity index (χ0v) is 25.5. The van der Waals surface area contributed by atoms with Crippen molar-refractivity contribution < 1.29 is 32.3 Å². The highest BCUT2D eigenvalue weighted by Gasteiger charge is 2.37. The minimum Gasteiger partial charge on any atom is -0.453 e. The highest BCUT2D eigenvalue weighted by molar-refractivity contribution is 5.98. The number of ketones is 1. The molecule has 0 aliphatic carbocycles. The number of oxazole rings is 1. The van der Waals surface area contributed by atoms with E-state index in [1.54, 1.807) is 58.0 Å². The van der Waals surface area contributed by atoms with E-state index in [-0.39, 0.29) is 29.1 Å². The normalized spacial score (nSPS) is 12.2. The summed E-state index contributed by atoms with van der Waals surface area (Å²) in [6, 6.07) is 11.6. The summed E-state index contributed by atoms with van der Waals surface area (Å²) in [4.78, 5) is 60.5. The first kappa shape index (κ1) is 31.7. The van der Waals surface area contributed by atoms with Crippen molar-refractivity contribution in [2.24, 2.45) is 5.92 Å². The van der Waals surface area contributed by atoms with E-state index < -0.39 is 53.1 Å². The molecule has 3 aromatic heterocycles. The molecule has 46 heavy (non-hydrogen) atoms. The number of ether oxygens (including phenoxy) is 1. The molecule has 15 heteroatoms. The fraction of sp³-hybridized carbons (Fsp3) is 0.290. The fourth-order valence-electron chi connectivity index (χ4n) is 4.58. The first-order valence-electron chi connectivity index (χ1n) is 14.1. The third-order valence-electron chi connectivity index (χ3n) is 7.15. The van der Waals surface area contributed by atoms with Crippen molar-refractivity contribution in [1.82, 2.24) is 30.0 Å². The van der Waals surface area contributed by atoms with Crippen molar-refractivity contribution in [3.8, 4) is 11.3 Å². The fourth-order valence-corrected chi connectivity index (χ4v) is 4.58. The van der Waals surface area contributed by atoms with Crippen LogP contribution in [0, 0.1) is 11.7 Å². The number of hydrogen-bond acceptors (Lipinski definition) is 11. The van der Waals surface area contributed by atoms with E-state index in [1.807, 2.05) is 0 Å². The van der Waals surface area contributed by atoms with Gasteiger partial charge in [-0.3, -0.25) is 24.3 Å². The van der Waals surface area contributed by atoms with Crippen LogP contribution in [0.2, 0.25) is 0 Å². The number of hydrogen-bond donors (Lipinski definition) is 2. The van der Waals surface area contributed by atoms with E-state index in [1.165, 1.54) is 24.4 Å². The van der Waals surface area contributed by atoms with E-state index in [9.17, 15) is 23.6 Å². The second-order valence-electron chi connectivity index (χ2n) is 11.2. The maximum absolute atomic E-state index is 13.7. The monoisotopic (exact) mass is 631 g/mol. The molecule has 0 radical (unpaired) electrons. The first-order valence-corrected chi connectivity index (χ1v) is 14.1. The van der Waals surface area contributed by atoms with Crippen molar-refractivity contribution in [3.63, 3.8) is 0 Å². The number of aromatic nitrogens is 5. The molecular weight excluding hydrogens is 601 g/mol. The van der Waals surface area contributed by atoms with Gasteiger partial charge in [0.2, 0.25) is 29.3 Å². The summed E-state index contributed by atoms with van der Waals surface area (Å²) in [6.45, 7) is 6.30. The van der Waals surface area contributed by atoms with Gasteiger partial charge in [0.15, 0.2) is 5.58 Å². The summed E-state index contributed by atoms with van der Waals surface area (Å²) in [5, 5.41) is 12.9. The molecule has 14 nitrogen and oxygen atoms in total. The van der Waals surface area contributed by atoms with Gasteiger partial charge in [0, 0.05) is 6.07 Å². The number of methoxy groups -OCH3 is 1. The van der Waals surface area contributed by atoms with E-state index in [4.69, 9.17) is 8.83 Å². The molecule has 0 bridgehead atoms. The molecule has 0 aliphatic heterocycles. The van der Waals surface area contributed by atoms with Crippen LogP contribution in [0.25, 0.3) is 22.4 Å². The number of halogens is 1. The smallest absolute Gasteiger partial charge is 0.412 e. The number of Topliss-reactive ketones (excluding diaryl/α,β-unsaturated/α-hetero) is 1. The SMILES string of the molecule is COC(=O)Nc1ncc(-c2ccccc2)n(CC(=O)N[C@@H](C(=O)c2nnc(C(C)(C)c3nc4ccc(F)cc4o3)o2)C(C)C)c1=O. The van der Waals surface area contributed by atoms with Crippen molar-refractivity contribution in [3.05, 3.63) is 88.6 Å². The summed E-state index contributed by atoms with van der Waals surface area (Å²) in [5.74, 6) is -2.77. The van der Waals surface area contributed by atoms with Crippen molar-refractivity contribution in [2.75, 3.05) is 12.4 Å². The molecule has 0 fully saturated rings. The molecule has 2 aromatic carbocycles. The van der Waals surface area contributed by atoms with Crippen LogP contribution in [-0.4, -0.2) is 55.7 Å². The van der Waals surface area contributed by atoms with Crippen LogP contribution in [0.15, 0.2) is 68.4 Å². The largest absolute Gasteiger partial charge is 0.453 e. The number of anilines is 1. The lowest BCUT2D eigenvalue weighted by atomic mass is 9.93. The Balaban J connectivity index is 1.39. The Morgan fingerprint density at radius 3 is 2.48 bits per heavy atom. The molecule has 0 saturated carbocycles. The molecule has 2 N–H and O–H groups in total. The molecule has 5 aromatic rings. The van der Waals surface area contributed by atoms with Crippen molar-refractivity contribution in [1.29, 1.82) is 0 Å². The van der Waals surface area contributed by atoms with Crippen LogP contribution in [0.4, 0.5) is 15.0 Å². The summed E-state index contributed by atoms with van der Waals surface area (Å²) >= 11 is 0. The van der Waals surface area contributed by atoms with Gasteiger partial charge in [0.1, 0.15) is 23.3 Å². The Labute approximate surface area is 261 Å². The van der Waals surface area contributed by atoms with Gasteiger partial charge >= 0.3 is 6.09 Å². The topological polar surface area (TPSA) is 184 Å². The Morgan fingerprint density at radius 1 is 1.04 bits per heavy atom. The van der Waals surface area contributed by atoms with E-state index in [2.05, 4.69) is 35.5 Å². The molecule has 0 unspecified atom stereocenters. The second kappa shape index (κ2) is 12.7. The van der Waals surface area contributed by atoms with Crippen LogP contribution in [0.3, 0.4) is 0 Å². The molecule has 0 saturated heterocycles. The van der Waals surface area contributed by atoms with Crippen molar-refractivity contribution in [2.45, 2.75) is 45.7 Å². The summed E-state index contributed by atoms with van der Waals surface area (Å²) in [6.07, 6.45) is 0.431. The highest BCUT2D eigenvalue weighted by Crippen LogP contribution is 2.32. The molecule has 238 valence electrons. The number of nitrogens with zero attached hydrogens (tertiary/aromatic N) is 5. The number of carbonyl (C=O) groups excluding carboxylic acids is 3. The molecular formula is C31H30FN7O7. The number of nitrogens with one attached hydrogen (secondary N) is 2. The van der Waals surface area contributed by atoms with E-state index >= 15 is 0 Å². The van der Waals surface area contributed by atoms with Gasteiger partial charge in [-0.2, -0.15) is 0 Å². The lowest BCUT2D eigenvalue weighted by molar-refractivity contribution is -0.122. The number of amides is 2. The average Bonchev–Trinajstić information content (AvgIpc) is 3.70. The lowest BCUT2D eigenvalue weighted by Crippen LogP contribution is -2.46. The Bertz CT molecular complexity index is 1980. The minimum absolute atomic E-state index is 0.0122. The predicted octanol–water partition coefficient (Wildman–Crippen LogP) is 4.10. The van der Waals surface area contributed by atoms with Gasteiger partial charge in [0.25, 0.3) is 11.4 Å². The molecule has 0 spiro atoms. The van der Waals surface area contributed by atoms with Gasteiger partial charge in [-0.15, -0.1) is 10.2 Å². The minimum atomic E-state index is -1.11. The lowest BCUT2D eigenvalue weighted by Gasteiger charge is -2.21. The molecule has 0 aliphatic rings. The molecule has 3 heterocycles. The van der Waals surface area contributed by atoms with E-state index in [0.717, 1.165) is 11.7 Å². The summed E-state index contributed by atoms with van der Waals surface area (Å²) < 4.78 is 30.9. The maximum atomic E-state index is 13.7. The quantitative estimate of drug-likeness (QED) is 0.212. The number of benzene rings is 2. The van der Waals surface area contributed by atoms with Gasteiger partial charge in [-0.1, -0.05) is 44.2 Å². The Hall–Kier alpha value is -5.73. The standard InChI is InChI=1S/C31H30FN7O7/c1-16(2)23(24(41)26-37-38-29(46-26)31(3,4)28-34-19-12-11-18(32)13-21(19)45-28)35-22(40)15-39-20(17-9-7-6-8-10-17)14-33-25(27(39)42)36-30(43)44-5/h6-14,16,23H,15H2,1-5H3,(H,35,40)(H,33,36,43)/t23-/m1/s1. The number of rotatable bonds is 10. The average molecular weight is 632 g/mol. The molecule has 5 rings (SSSR count). The van der Waals surface area contributed by atoms with Crippen LogP contribution < -0.4 is 16.2 Å². The summed E-state index contributed by atoms with van der Waals surface area (Å²) in [7, 11) is 1.13. The predicted molar refractivity (Wildman–Crippen MR) is 161 cm³/mol. The second-order valence-corrected chi connectivity index (χ2v) is 11.2. The van der Waals surface area contributed by atoms with Crippen LogP contribution in [-0.2, 0) is 21.5 Å². The zero-order chi connectivity index (χ0) is 33.2. The van der Waals surface area contributed by atoms with E-state index in [0.29, 0.717) is 16.8 Å². The van der Waals surface area contributed by atoms with Crippen LogP contribution in [0.1, 0.15) is 50.2 Å². The summed E-state index contributed by atoms with van der Waals surface area (Å²) in [5.41, 5.74) is -0.303. The van der Waals surface area contributed by atoms with Crippen LogP contribution in [0.5, 0.6) is 0 Å². The molecule has 1 atom stereocenters. The number of carbonyl (C=O) groups is 3. The maximum Gasteiger partial charge on any atom is 0.412 e. The molecule has 2 amide bonds. The first-order chi connectivity index (χ1) is 21.9. The van der Waals surface area contributed by atoms with Crippen molar-refractivity contribution >= 4 is 34.7 Å². The van der Waals surface area contributed by atoms with Gasteiger partial charge in [0.05, 0.1) is 25.0 Å². The Morgan fingerprint density at radius 2 is 1.78 bits per heavy atom. The zero-order valence-electron chi connectivity index (χ0n) is 25.5. The van der Waals surface area contributed by atoms with Gasteiger partial charge in [-0.05, 0) is 37.5 Å². The third kappa shape index (κ3) is 6.38. The Kier molecular flexibility index (Phi) is 8.76.